The third kappa shape index (κ3) is 2.94. The summed E-state index contributed by atoms with van der Waals surface area (Å²) in [7, 11) is 0. The second kappa shape index (κ2) is 6.22. The van der Waals surface area contributed by atoms with E-state index in [1.165, 1.54) is 12.1 Å². The lowest BCUT2D eigenvalue weighted by atomic mass is 10.2. The minimum absolute atomic E-state index is 0.0840. The molecule has 0 bridgehead atoms. The van der Waals surface area contributed by atoms with Gasteiger partial charge in [0.15, 0.2) is 0 Å². The summed E-state index contributed by atoms with van der Waals surface area (Å²) in [5.74, 6) is -6.67. The van der Waals surface area contributed by atoms with Crippen LogP contribution in [0.4, 0.5) is 28.9 Å². The van der Waals surface area contributed by atoms with Crippen molar-refractivity contribution < 1.29 is 17.6 Å². The molecule has 0 fully saturated rings. The summed E-state index contributed by atoms with van der Waals surface area (Å²) < 4.78 is 54.1. The van der Waals surface area contributed by atoms with E-state index in [0.717, 1.165) is 4.90 Å². The highest BCUT2D eigenvalue weighted by Gasteiger charge is 2.26. The molecule has 1 aromatic heterocycles. The van der Waals surface area contributed by atoms with Crippen LogP contribution in [0.5, 0.6) is 0 Å². The second-order valence-electron chi connectivity index (χ2n) is 4.07. The van der Waals surface area contributed by atoms with E-state index >= 15 is 0 Å². The highest BCUT2D eigenvalue weighted by molar-refractivity contribution is 5.64. The average molecular weight is 295 g/mol. The maximum absolute atomic E-state index is 13.8. The Labute approximate surface area is 118 Å². The molecular formula is C14H9F4N3. The lowest BCUT2D eigenvalue weighted by molar-refractivity contribution is 0.408. The predicted molar refractivity (Wildman–Crippen MR) is 67.7 cm³/mol. The maximum Gasteiger partial charge on any atom is 0.253 e. The van der Waals surface area contributed by atoms with Gasteiger partial charge in [-0.1, -0.05) is 18.2 Å². The van der Waals surface area contributed by atoms with Crippen LogP contribution in [-0.4, -0.2) is 11.5 Å². The zero-order valence-corrected chi connectivity index (χ0v) is 10.7. The highest BCUT2D eigenvalue weighted by Crippen LogP contribution is 2.32. The first-order valence-electron chi connectivity index (χ1n) is 5.95. The zero-order chi connectivity index (χ0) is 15.4. The van der Waals surface area contributed by atoms with Gasteiger partial charge in [0.2, 0.25) is 11.6 Å². The number of benzene rings is 1. The first-order valence-corrected chi connectivity index (χ1v) is 5.95. The van der Waals surface area contributed by atoms with Crippen molar-refractivity contribution in [2.75, 3.05) is 11.4 Å². The number of rotatable bonds is 4. The van der Waals surface area contributed by atoms with Crippen molar-refractivity contribution in [1.29, 1.82) is 5.26 Å². The van der Waals surface area contributed by atoms with E-state index in [9.17, 15) is 17.6 Å². The quantitative estimate of drug-likeness (QED) is 0.638. The molecule has 0 saturated heterocycles. The molecule has 0 atom stereocenters. The summed E-state index contributed by atoms with van der Waals surface area (Å²) in [4.78, 5) is 3.52. The second-order valence-corrected chi connectivity index (χ2v) is 4.07. The van der Waals surface area contributed by atoms with Crippen LogP contribution < -0.4 is 4.90 Å². The van der Waals surface area contributed by atoms with Crippen molar-refractivity contribution in [1.82, 2.24) is 4.98 Å². The van der Waals surface area contributed by atoms with Crippen molar-refractivity contribution >= 4 is 11.4 Å². The van der Waals surface area contributed by atoms with Crippen molar-refractivity contribution in [2.24, 2.45) is 0 Å². The van der Waals surface area contributed by atoms with Crippen LogP contribution in [0.3, 0.4) is 0 Å². The van der Waals surface area contributed by atoms with Gasteiger partial charge < -0.3 is 4.90 Å². The molecule has 3 nitrogen and oxygen atoms in total. The molecule has 0 aliphatic carbocycles. The van der Waals surface area contributed by atoms with Crippen LogP contribution in [0.1, 0.15) is 6.42 Å². The number of halogens is 4. The topological polar surface area (TPSA) is 39.9 Å². The van der Waals surface area contributed by atoms with Crippen molar-refractivity contribution in [3.05, 3.63) is 53.9 Å². The molecule has 1 heterocycles. The van der Waals surface area contributed by atoms with Gasteiger partial charge in [-0.05, 0) is 12.1 Å². The minimum atomic E-state index is -1.73. The van der Waals surface area contributed by atoms with Gasteiger partial charge in [0.25, 0.3) is 11.9 Å². The Kier molecular flexibility index (Phi) is 4.38. The van der Waals surface area contributed by atoms with Gasteiger partial charge in [0, 0.05) is 12.2 Å². The Hall–Kier alpha value is -2.62. The number of anilines is 2. The number of aromatic nitrogens is 1. The van der Waals surface area contributed by atoms with E-state index in [2.05, 4.69) is 4.98 Å². The van der Waals surface area contributed by atoms with E-state index in [4.69, 9.17) is 5.26 Å². The van der Waals surface area contributed by atoms with E-state index < -0.39 is 29.2 Å². The Bertz CT molecular complexity index is 657. The molecular weight excluding hydrogens is 286 g/mol. The number of hydrogen-bond donors (Lipinski definition) is 0. The number of hydrogen-bond acceptors (Lipinski definition) is 3. The van der Waals surface area contributed by atoms with Gasteiger partial charge in [-0.3, -0.25) is 0 Å². The van der Waals surface area contributed by atoms with E-state index in [-0.39, 0.29) is 13.0 Å². The molecule has 0 N–H and O–H groups in total. The van der Waals surface area contributed by atoms with Crippen LogP contribution in [0, 0.1) is 34.9 Å². The minimum Gasteiger partial charge on any atom is -0.335 e. The fraction of sp³-hybridized carbons (Fsp3) is 0.143. The van der Waals surface area contributed by atoms with E-state index in [1.807, 2.05) is 6.07 Å². The molecule has 2 rings (SSSR count). The van der Waals surface area contributed by atoms with Gasteiger partial charge in [0.1, 0.15) is 5.69 Å². The molecule has 108 valence electrons. The summed E-state index contributed by atoms with van der Waals surface area (Å²) in [6.07, 6.45) is -0.0840. The maximum atomic E-state index is 13.8. The van der Waals surface area contributed by atoms with Gasteiger partial charge >= 0.3 is 0 Å². The molecule has 0 aliphatic heterocycles. The van der Waals surface area contributed by atoms with Gasteiger partial charge in [-0.15, -0.1) is 0 Å². The largest absolute Gasteiger partial charge is 0.335 e. The SMILES string of the molecule is N#CCCN(c1ccccc1)c1c(F)c(F)nc(F)c1F. The number of nitrogens with zero attached hydrogens (tertiary/aromatic N) is 3. The lowest BCUT2D eigenvalue weighted by Gasteiger charge is -2.24. The zero-order valence-electron chi connectivity index (χ0n) is 10.7. The Morgan fingerprint density at radius 3 is 2.10 bits per heavy atom. The van der Waals surface area contributed by atoms with Crippen LogP contribution in [0.25, 0.3) is 0 Å². The molecule has 0 radical (unpaired) electrons. The smallest absolute Gasteiger partial charge is 0.253 e. The number of pyridine rings is 1. The van der Waals surface area contributed by atoms with Crippen molar-refractivity contribution in [3.8, 4) is 6.07 Å². The molecule has 21 heavy (non-hydrogen) atoms. The van der Waals surface area contributed by atoms with Gasteiger partial charge in [0.05, 0.1) is 12.5 Å². The molecule has 0 spiro atoms. The summed E-state index contributed by atoms with van der Waals surface area (Å²) >= 11 is 0. The molecule has 0 saturated carbocycles. The van der Waals surface area contributed by atoms with Crippen LogP contribution in [-0.2, 0) is 0 Å². The first-order chi connectivity index (χ1) is 10.1. The van der Waals surface area contributed by atoms with Crippen molar-refractivity contribution in [3.63, 3.8) is 0 Å². The normalized spacial score (nSPS) is 10.2. The highest BCUT2D eigenvalue weighted by atomic mass is 19.2. The third-order valence-electron chi connectivity index (χ3n) is 2.76. The van der Waals surface area contributed by atoms with Crippen LogP contribution in [0.2, 0.25) is 0 Å². The molecule has 0 unspecified atom stereocenters. The summed E-state index contributed by atoms with van der Waals surface area (Å²) in [6, 6.07) is 9.69. The fourth-order valence-corrected chi connectivity index (χ4v) is 1.85. The third-order valence-corrected chi connectivity index (χ3v) is 2.76. The molecule has 7 heteroatoms. The average Bonchev–Trinajstić information content (AvgIpc) is 2.49. The Morgan fingerprint density at radius 2 is 1.57 bits per heavy atom. The monoisotopic (exact) mass is 295 g/mol. The molecule has 0 amide bonds. The van der Waals surface area contributed by atoms with Crippen LogP contribution in [0.15, 0.2) is 30.3 Å². The standard InChI is InChI=1S/C14H9F4N3/c15-10-12(11(16)14(18)20-13(10)17)21(8-4-7-19)9-5-2-1-3-6-9/h1-3,5-6H,4,8H2. The van der Waals surface area contributed by atoms with Crippen molar-refractivity contribution in [2.45, 2.75) is 6.42 Å². The number of nitriles is 1. The molecule has 2 aromatic rings. The van der Waals surface area contributed by atoms with Gasteiger partial charge in [-0.2, -0.15) is 27.8 Å². The summed E-state index contributed by atoms with van der Waals surface area (Å²) in [5.41, 5.74) is -0.600. The predicted octanol–water partition coefficient (Wildman–Crippen LogP) is 3.69. The molecule has 0 aliphatic rings. The fourth-order valence-electron chi connectivity index (χ4n) is 1.85. The van der Waals surface area contributed by atoms with E-state index in [0.29, 0.717) is 5.69 Å². The summed E-state index contributed by atoms with van der Waals surface area (Å²) in [5, 5.41) is 8.63. The van der Waals surface area contributed by atoms with Gasteiger partial charge in [-0.25, -0.2) is 0 Å². The number of para-hydroxylation sites is 1. The lowest BCUT2D eigenvalue weighted by Crippen LogP contribution is -2.22. The first kappa shape index (κ1) is 14.8. The van der Waals surface area contributed by atoms with Crippen LogP contribution >= 0.6 is 0 Å². The van der Waals surface area contributed by atoms with E-state index in [1.54, 1.807) is 18.2 Å². The summed E-state index contributed by atoms with van der Waals surface area (Å²) in [6.45, 7) is -0.128. The molecule has 1 aromatic carbocycles. The Morgan fingerprint density at radius 1 is 1.00 bits per heavy atom. The Balaban J connectivity index is 2.60.